The van der Waals surface area contributed by atoms with E-state index in [2.05, 4.69) is 0 Å². The van der Waals surface area contributed by atoms with E-state index in [4.69, 9.17) is 18.9 Å². The van der Waals surface area contributed by atoms with Crippen LogP contribution in [0.15, 0.2) is 12.2 Å². The number of ether oxygens (including phenoxy) is 4. The van der Waals surface area contributed by atoms with Crippen LogP contribution in [0.2, 0.25) is 0 Å². The monoisotopic (exact) mass is 368 g/mol. The highest BCUT2D eigenvalue weighted by molar-refractivity contribution is 5.82. The number of fused-ring (bicyclic) bond motifs is 1. The Balaban J connectivity index is 2.11. The Morgan fingerprint density at radius 2 is 1.65 bits per heavy atom. The molecule has 2 rings (SSSR count). The molecular formula is C19H28O7. The smallest absolute Gasteiger partial charge is 0.460 e. The van der Waals surface area contributed by atoms with Crippen LogP contribution >= 0.6 is 0 Å². The molecule has 0 aromatic heterocycles. The van der Waals surface area contributed by atoms with E-state index in [0.29, 0.717) is 6.42 Å². The molecule has 2 aliphatic heterocycles. The zero-order chi connectivity index (χ0) is 18.9. The summed E-state index contributed by atoms with van der Waals surface area (Å²) in [5, 5.41) is 0. The average molecular weight is 368 g/mol. The van der Waals surface area contributed by atoms with E-state index >= 15 is 0 Å². The van der Waals surface area contributed by atoms with E-state index < -0.39 is 36.4 Å². The molecule has 0 aliphatic carbocycles. The van der Waals surface area contributed by atoms with E-state index in [1.54, 1.807) is 0 Å². The van der Waals surface area contributed by atoms with Gasteiger partial charge in [-0.15, -0.1) is 0 Å². The molecule has 0 amide bonds. The molecule has 4 atom stereocenters. The minimum atomic E-state index is -0.832. The molecule has 0 aromatic carbocycles. The molecule has 2 heterocycles. The highest BCUT2D eigenvalue weighted by Crippen LogP contribution is 2.25. The van der Waals surface area contributed by atoms with Gasteiger partial charge in [-0.1, -0.05) is 25.7 Å². The standard InChI is InChI=1S/C19H28O7/c1-13-9-7-5-3-4-6-8-10-15(24-14(2)20)18-16(25-19(22)26-18)11-12-17(21)23-13/h11-13,15-16,18H,3-10H2,1-2H3/b12-11+/t13-,15+,16-,18+/m1/s1. The van der Waals surface area contributed by atoms with Crippen molar-refractivity contribution in [2.45, 2.75) is 89.6 Å². The SMILES string of the molecule is CC(=O)O[C@H]1CCCCCCCC[C@@H](C)OC(=O)/C=C/[C@H]2OC(=O)O[C@@H]12. The maximum atomic E-state index is 11.9. The summed E-state index contributed by atoms with van der Waals surface area (Å²) in [5.74, 6) is -0.932. The number of esters is 2. The van der Waals surface area contributed by atoms with Crippen LogP contribution < -0.4 is 0 Å². The van der Waals surface area contributed by atoms with Crippen LogP contribution in [0.1, 0.15) is 65.2 Å². The Morgan fingerprint density at radius 3 is 2.35 bits per heavy atom. The molecule has 146 valence electrons. The highest BCUT2D eigenvalue weighted by atomic mass is 16.8. The van der Waals surface area contributed by atoms with Crippen molar-refractivity contribution >= 4 is 18.1 Å². The third-order valence-corrected chi connectivity index (χ3v) is 4.56. The van der Waals surface area contributed by atoms with Crippen molar-refractivity contribution in [2.24, 2.45) is 0 Å². The number of carbonyl (C=O) groups excluding carboxylic acids is 3. The number of carbonyl (C=O) groups is 3. The molecule has 7 heteroatoms. The molecule has 0 aromatic rings. The lowest BCUT2D eigenvalue weighted by Gasteiger charge is -2.23. The molecule has 0 N–H and O–H groups in total. The average Bonchev–Trinajstić information content (AvgIpc) is 2.93. The lowest BCUT2D eigenvalue weighted by atomic mass is 10.00. The van der Waals surface area contributed by atoms with Gasteiger partial charge in [0.05, 0.1) is 6.10 Å². The van der Waals surface area contributed by atoms with E-state index in [1.807, 2.05) is 6.92 Å². The first-order valence-corrected chi connectivity index (χ1v) is 9.39. The molecule has 0 radical (unpaired) electrons. The Labute approximate surface area is 154 Å². The van der Waals surface area contributed by atoms with Gasteiger partial charge in [0.2, 0.25) is 0 Å². The fourth-order valence-electron chi connectivity index (χ4n) is 3.28. The summed E-state index contributed by atoms with van der Waals surface area (Å²) < 4.78 is 21.0. The van der Waals surface area contributed by atoms with Crippen LogP contribution in [0.4, 0.5) is 4.79 Å². The van der Waals surface area contributed by atoms with Gasteiger partial charge in [-0.3, -0.25) is 4.79 Å². The number of hydrogen-bond acceptors (Lipinski definition) is 7. The van der Waals surface area contributed by atoms with Gasteiger partial charge in [-0.2, -0.15) is 0 Å². The molecule has 0 bridgehead atoms. The van der Waals surface area contributed by atoms with Crippen molar-refractivity contribution < 1.29 is 33.3 Å². The third kappa shape index (κ3) is 6.69. The second-order valence-electron chi connectivity index (χ2n) is 6.87. The Bertz CT molecular complexity index is 528. The molecule has 1 saturated heterocycles. The van der Waals surface area contributed by atoms with Crippen molar-refractivity contribution in [1.82, 2.24) is 0 Å². The lowest BCUT2D eigenvalue weighted by molar-refractivity contribution is -0.152. The van der Waals surface area contributed by atoms with Crippen LogP contribution in [0.5, 0.6) is 0 Å². The summed E-state index contributed by atoms with van der Waals surface area (Å²) in [6, 6.07) is 0. The first-order valence-electron chi connectivity index (χ1n) is 9.39. The number of hydrogen-bond donors (Lipinski definition) is 0. The van der Waals surface area contributed by atoms with E-state index in [9.17, 15) is 14.4 Å². The van der Waals surface area contributed by atoms with Gasteiger partial charge in [0.25, 0.3) is 0 Å². The van der Waals surface area contributed by atoms with Crippen molar-refractivity contribution in [3.05, 3.63) is 12.2 Å². The predicted octanol–water partition coefficient (Wildman–Crippen LogP) is 3.44. The molecule has 0 spiro atoms. The first-order chi connectivity index (χ1) is 12.5. The van der Waals surface area contributed by atoms with Crippen molar-refractivity contribution in [2.75, 3.05) is 0 Å². The number of cyclic esters (lactones) is 1. The summed E-state index contributed by atoms with van der Waals surface area (Å²) in [6.07, 6.45) is 7.14. The van der Waals surface area contributed by atoms with Gasteiger partial charge >= 0.3 is 18.1 Å². The minimum absolute atomic E-state index is 0.160. The maximum Gasteiger partial charge on any atom is 0.509 e. The summed E-state index contributed by atoms with van der Waals surface area (Å²) in [6.45, 7) is 3.19. The molecular weight excluding hydrogens is 340 g/mol. The van der Waals surface area contributed by atoms with Crippen LogP contribution in [-0.4, -0.2) is 42.5 Å². The van der Waals surface area contributed by atoms with Crippen molar-refractivity contribution in [1.29, 1.82) is 0 Å². The van der Waals surface area contributed by atoms with E-state index in [0.717, 1.165) is 44.9 Å². The van der Waals surface area contributed by atoms with Crippen LogP contribution in [0.25, 0.3) is 0 Å². The molecule has 1 fully saturated rings. The summed E-state index contributed by atoms with van der Waals surface area (Å²) in [5.41, 5.74) is 0. The normalized spacial score (nSPS) is 32.5. The molecule has 7 nitrogen and oxygen atoms in total. The third-order valence-electron chi connectivity index (χ3n) is 4.56. The number of rotatable bonds is 1. The maximum absolute atomic E-state index is 11.9. The fourth-order valence-corrected chi connectivity index (χ4v) is 3.28. The predicted molar refractivity (Wildman–Crippen MR) is 92.3 cm³/mol. The van der Waals surface area contributed by atoms with Gasteiger partial charge in [-0.05, 0) is 38.7 Å². The molecule has 2 aliphatic rings. The summed E-state index contributed by atoms with van der Waals surface area (Å²) in [7, 11) is 0. The van der Waals surface area contributed by atoms with Crippen LogP contribution in [-0.2, 0) is 28.5 Å². The summed E-state index contributed by atoms with van der Waals surface area (Å²) >= 11 is 0. The highest BCUT2D eigenvalue weighted by Gasteiger charge is 2.42. The largest absolute Gasteiger partial charge is 0.509 e. The topological polar surface area (TPSA) is 88.1 Å². The zero-order valence-electron chi connectivity index (χ0n) is 15.5. The van der Waals surface area contributed by atoms with Crippen molar-refractivity contribution in [3.8, 4) is 0 Å². The Hall–Kier alpha value is -2.05. The minimum Gasteiger partial charge on any atom is -0.460 e. The van der Waals surface area contributed by atoms with Gasteiger partial charge < -0.3 is 18.9 Å². The van der Waals surface area contributed by atoms with Gasteiger partial charge in [-0.25, -0.2) is 9.59 Å². The van der Waals surface area contributed by atoms with E-state index in [1.165, 1.54) is 19.1 Å². The fraction of sp³-hybridized carbons (Fsp3) is 0.737. The van der Waals surface area contributed by atoms with E-state index in [-0.39, 0.29) is 6.10 Å². The second-order valence-corrected chi connectivity index (χ2v) is 6.87. The van der Waals surface area contributed by atoms with Crippen LogP contribution in [0.3, 0.4) is 0 Å². The summed E-state index contributed by atoms with van der Waals surface area (Å²) in [4.78, 5) is 34.9. The quantitative estimate of drug-likeness (QED) is 0.517. The first kappa shape index (κ1) is 20.3. The second kappa shape index (κ2) is 10.2. The zero-order valence-corrected chi connectivity index (χ0v) is 15.5. The van der Waals surface area contributed by atoms with Gasteiger partial charge in [0.1, 0.15) is 6.10 Å². The van der Waals surface area contributed by atoms with Crippen LogP contribution in [0, 0.1) is 0 Å². The Kier molecular flexibility index (Phi) is 7.94. The molecule has 0 unspecified atom stereocenters. The molecule has 26 heavy (non-hydrogen) atoms. The van der Waals surface area contributed by atoms with Crippen molar-refractivity contribution in [3.63, 3.8) is 0 Å². The van der Waals surface area contributed by atoms with Gasteiger partial charge in [0.15, 0.2) is 12.2 Å². The molecule has 0 saturated carbocycles. The Morgan fingerprint density at radius 1 is 1.00 bits per heavy atom. The lowest BCUT2D eigenvalue weighted by Crippen LogP contribution is -2.37. The van der Waals surface area contributed by atoms with Gasteiger partial charge in [0, 0.05) is 13.0 Å².